The molecule has 0 saturated carbocycles. The van der Waals surface area contributed by atoms with Crippen molar-refractivity contribution in [3.8, 4) is 0 Å². The van der Waals surface area contributed by atoms with Crippen LogP contribution in [-0.2, 0) is 9.53 Å². The maximum absolute atomic E-state index is 12.3. The molecule has 1 aliphatic heterocycles. The van der Waals surface area contributed by atoms with Gasteiger partial charge in [0.15, 0.2) is 0 Å². The second kappa shape index (κ2) is 10.1. The topological polar surface area (TPSA) is 111 Å². The van der Waals surface area contributed by atoms with E-state index in [1.54, 1.807) is 0 Å². The molecule has 1 fully saturated rings. The van der Waals surface area contributed by atoms with Crippen LogP contribution in [0.25, 0.3) is 0 Å². The van der Waals surface area contributed by atoms with Crippen LogP contribution >= 0.6 is 12.4 Å². The maximum atomic E-state index is 12.3. The minimum absolute atomic E-state index is 0. The maximum Gasteiger partial charge on any atom is 0.338 e. The summed E-state index contributed by atoms with van der Waals surface area (Å²) in [6.07, 6.45) is 2.51. The number of carbonyl (C=O) groups is 2. The molecular formula is C17H24ClN3O5. The van der Waals surface area contributed by atoms with E-state index in [0.29, 0.717) is 12.3 Å². The summed E-state index contributed by atoms with van der Waals surface area (Å²) in [4.78, 5) is 34.3. The zero-order valence-electron chi connectivity index (χ0n) is 14.8. The minimum Gasteiger partial charge on any atom is -0.465 e. The molecule has 2 unspecified atom stereocenters. The van der Waals surface area contributed by atoms with Crippen molar-refractivity contribution in [2.24, 2.45) is 11.8 Å². The van der Waals surface area contributed by atoms with Crippen molar-refractivity contribution in [3.63, 3.8) is 0 Å². The third-order valence-corrected chi connectivity index (χ3v) is 4.48. The van der Waals surface area contributed by atoms with Crippen molar-refractivity contribution in [1.29, 1.82) is 0 Å². The highest BCUT2D eigenvalue weighted by Gasteiger charge is 2.23. The quantitative estimate of drug-likeness (QED) is 0.442. The molecular weight excluding hydrogens is 362 g/mol. The molecule has 144 valence electrons. The summed E-state index contributed by atoms with van der Waals surface area (Å²) in [5, 5.41) is 17.0. The second-order valence-electron chi connectivity index (χ2n) is 6.35. The van der Waals surface area contributed by atoms with Gasteiger partial charge in [-0.25, -0.2) is 4.79 Å². The first-order valence-electron chi connectivity index (χ1n) is 8.29. The number of halogens is 1. The number of nitro benzene ring substituents is 1. The first-order chi connectivity index (χ1) is 11.9. The van der Waals surface area contributed by atoms with Gasteiger partial charge in [-0.05, 0) is 43.8 Å². The molecule has 1 heterocycles. The number of anilines is 1. The van der Waals surface area contributed by atoms with Crippen LogP contribution in [0.5, 0.6) is 0 Å². The van der Waals surface area contributed by atoms with E-state index in [1.807, 2.05) is 6.92 Å². The summed E-state index contributed by atoms with van der Waals surface area (Å²) in [6, 6.07) is 3.73. The zero-order chi connectivity index (χ0) is 18.4. The number of nitrogens with one attached hydrogen (secondary N) is 2. The predicted octanol–water partition coefficient (Wildman–Crippen LogP) is 2.77. The van der Waals surface area contributed by atoms with Gasteiger partial charge in [0.1, 0.15) is 0 Å². The Hall–Kier alpha value is -2.19. The van der Waals surface area contributed by atoms with Crippen LogP contribution in [-0.4, -0.2) is 37.0 Å². The van der Waals surface area contributed by atoms with Gasteiger partial charge in [-0.15, -0.1) is 12.4 Å². The molecule has 0 aromatic heterocycles. The monoisotopic (exact) mass is 385 g/mol. The van der Waals surface area contributed by atoms with Gasteiger partial charge in [0.2, 0.25) is 5.91 Å². The lowest BCUT2D eigenvalue weighted by Crippen LogP contribution is -2.34. The molecule has 26 heavy (non-hydrogen) atoms. The predicted molar refractivity (Wildman–Crippen MR) is 99.7 cm³/mol. The van der Waals surface area contributed by atoms with Crippen LogP contribution in [0.2, 0.25) is 0 Å². The van der Waals surface area contributed by atoms with Gasteiger partial charge in [-0.1, -0.05) is 6.92 Å². The zero-order valence-corrected chi connectivity index (χ0v) is 15.6. The number of hydrogen-bond acceptors (Lipinski definition) is 6. The summed E-state index contributed by atoms with van der Waals surface area (Å²) >= 11 is 0. The highest BCUT2D eigenvalue weighted by atomic mass is 35.5. The Bertz CT molecular complexity index is 662. The number of carbonyl (C=O) groups excluding carboxylic acids is 2. The number of piperidine rings is 1. The van der Waals surface area contributed by atoms with E-state index in [9.17, 15) is 19.7 Å². The molecule has 0 aliphatic carbocycles. The van der Waals surface area contributed by atoms with E-state index in [2.05, 4.69) is 15.4 Å². The standard InChI is InChI=1S/C17H23N3O5.ClH/c1-11(12-4-3-5-18-10-12)6-16(21)19-14-7-13(17(22)25-2)8-15(9-14)20(23)24;/h7-9,11-12,18H,3-6,10H2,1-2H3,(H,19,21);1H. The first-order valence-corrected chi connectivity index (χ1v) is 8.29. The molecule has 8 nitrogen and oxygen atoms in total. The molecule has 0 bridgehead atoms. The lowest BCUT2D eigenvalue weighted by Gasteiger charge is -2.28. The number of amides is 1. The Kier molecular flexibility index (Phi) is 8.47. The van der Waals surface area contributed by atoms with Crippen LogP contribution in [0.4, 0.5) is 11.4 Å². The number of ether oxygens (including phenoxy) is 1. The van der Waals surface area contributed by atoms with Gasteiger partial charge >= 0.3 is 5.97 Å². The fraction of sp³-hybridized carbons (Fsp3) is 0.529. The average molecular weight is 386 g/mol. The molecule has 9 heteroatoms. The van der Waals surface area contributed by atoms with Crippen molar-refractivity contribution in [1.82, 2.24) is 5.32 Å². The van der Waals surface area contributed by atoms with Gasteiger partial charge < -0.3 is 15.4 Å². The van der Waals surface area contributed by atoms with Gasteiger partial charge in [0.25, 0.3) is 5.69 Å². The SMILES string of the molecule is COC(=O)c1cc(NC(=O)CC(C)C2CCCNC2)cc([N+](=O)[O-])c1.Cl. The molecule has 0 radical (unpaired) electrons. The van der Waals surface area contributed by atoms with Crippen LogP contribution in [0, 0.1) is 22.0 Å². The average Bonchev–Trinajstić information content (AvgIpc) is 2.61. The second-order valence-corrected chi connectivity index (χ2v) is 6.35. The summed E-state index contributed by atoms with van der Waals surface area (Å²) in [5.74, 6) is -0.281. The largest absolute Gasteiger partial charge is 0.465 e. The number of non-ortho nitro benzene ring substituents is 1. The molecule has 2 N–H and O–H groups in total. The molecule has 1 aliphatic rings. The Balaban J connectivity index is 0.00000338. The van der Waals surface area contributed by atoms with Gasteiger partial charge in [0, 0.05) is 24.2 Å². The van der Waals surface area contributed by atoms with Gasteiger partial charge in [0.05, 0.1) is 17.6 Å². The number of esters is 1. The van der Waals surface area contributed by atoms with Gasteiger partial charge in [-0.2, -0.15) is 0 Å². The number of nitrogens with zero attached hydrogens (tertiary/aromatic N) is 1. The van der Waals surface area contributed by atoms with Crippen molar-refractivity contribution in [2.45, 2.75) is 26.2 Å². The number of hydrogen-bond donors (Lipinski definition) is 2. The molecule has 2 rings (SSSR count). The number of nitro groups is 1. The normalized spacial score (nSPS) is 17.5. The molecule has 1 amide bonds. The molecule has 1 saturated heterocycles. The number of benzene rings is 1. The molecule has 1 aromatic rings. The van der Waals surface area contributed by atoms with Crippen molar-refractivity contribution < 1.29 is 19.2 Å². The Labute approximate surface area is 158 Å². The van der Waals surface area contributed by atoms with E-state index in [-0.39, 0.29) is 41.2 Å². The van der Waals surface area contributed by atoms with E-state index < -0.39 is 10.9 Å². The lowest BCUT2D eigenvalue weighted by atomic mass is 9.85. The van der Waals surface area contributed by atoms with Gasteiger partial charge in [-0.3, -0.25) is 14.9 Å². The van der Waals surface area contributed by atoms with E-state index in [4.69, 9.17) is 0 Å². The molecule has 1 aromatic carbocycles. The molecule has 0 spiro atoms. The first kappa shape index (κ1) is 21.9. The number of methoxy groups -OCH3 is 1. The van der Waals surface area contributed by atoms with Crippen molar-refractivity contribution >= 4 is 35.7 Å². The highest BCUT2D eigenvalue weighted by molar-refractivity contribution is 5.95. The summed E-state index contributed by atoms with van der Waals surface area (Å²) in [5.41, 5.74) is -0.0344. The third kappa shape index (κ3) is 5.96. The Morgan fingerprint density at radius 3 is 2.73 bits per heavy atom. The lowest BCUT2D eigenvalue weighted by molar-refractivity contribution is -0.384. The van der Waals surface area contributed by atoms with E-state index in [1.165, 1.54) is 19.2 Å². The summed E-state index contributed by atoms with van der Waals surface area (Å²) in [6.45, 7) is 3.95. The van der Waals surface area contributed by atoms with Crippen molar-refractivity contribution in [3.05, 3.63) is 33.9 Å². The van der Waals surface area contributed by atoms with Crippen LogP contribution in [0.3, 0.4) is 0 Å². The fourth-order valence-corrected chi connectivity index (χ4v) is 3.06. The van der Waals surface area contributed by atoms with Crippen LogP contribution in [0.15, 0.2) is 18.2 Å². The van der Waals surface area contributed by atoms with Crippen molar-refractivity contribution in [2.75, 3.05) is 25.5 Å². The Morgan fingerprint density at radius 2 is 2.15 bits per heavy atom. The van der Waals surface area contributed by atoms with E-state index >= 15 is 0 Å². The van der Waals surface area contributed by atoms with Crippen LogP contribution in [0.1, 0.15) is 36.5 Å². The summed E-state index contributed by atoms with van der Waals surface area (Å²) < 4.78 is 4.59. The fourth-order valence-electron chi connectivity index (χ4n) is 3.06. The number of rotatable bonds is 6. The molecule has 2 atom stereocenters. The smallest absolute Gasteiger partial charge is 0.338 e. The van der Waals surface area contributed by atoms with Crippen LogP contribution < -0.4 is 10.6 Å². The highest BCUT2D eigenvalue weighted by Crippen LogP contribution is 2.25. The minimum atomic E-state index is -0.694. The Morgan fingerprint density at radius 1 is 1.42 bits per heavy atom. The summed E-state index contributed by atoms with van der Waals surface area (Å²) in [7, 11) is 1.19. The third-order valence-electron chi connectivity index (χ3n) is 4.48. The van der Waals surface area contributed by atoms with E-state index in [0.717, 1.165) is 32.0 Å².